The van der Waals surface area contributed by atoms with Crippen LogP contribution in [0.5, 0.6) is 0 Å². The van der Waals surface area contributed by atoms with Gasteiger partial charge in [-0.2, -0.15) is 0 Å². The first-order chi connectivity index (χ1) is 6.54. The number of aryl methyl sites for hydroxylation is 1. The molecule has 0 saturated carbocycles. The molecule has 2 N–H and O–H groups in total. The van der Waals surface area contributed by atoms with Crippen LogP contribution in [-0.2, 0) is 0 Å². The van der Waals surface area contributed by atoms with Gasteiger partial charge in [-0.3, -0.25) is 0 Å². The van der Waals surface area contributed by atoms with Gasteiger partial charge in [0.2, 0.25) is 0 Å². The molecule has 0 aromatic heterocycles. The Morgan fingerprint density at radius 3 is 2.50 bits per heavy atom. The van der Waals surface area contributed by atoms with Crippen LogP contribution in [0.25, 0.3) is 0 Å². The third-order valence-corrected chi connectivity index (χ3v) is 2.59. The standard InChI is InChI=1S/C10H12Cl2N2/c1-3-10(13)14-9-5-8(12)7(11)4-6(9)2/h4-5H,3H2,1-2H3,(H2,13,14). The van der Waals surface area contributed by atoms with Crippen LogP contribution in [0.2, 0.25) is 10.0 Å². The maximum atomic E-state index is 5.87. The minimum absolute atomic E-state index is 0.500. The Hall–Kier alpha value is -0.730. The molecule has 0 spiro atoms. The summed E-state index contributed by atoms with van der Waals surface area (Å²) in [6, 6.07) is 3.51. The largest absolute Gasteiger partial charge is 0.387 e. The van der Waals surface area contributed by atoms with E-state index in [4.69, 9.17) is 28.9 Å². The summed E-state index contributed by atoms with van der Waals surface area (Å²) in [6.45, 7) is 3.87. The van der Waals surface area contributed by atoms with E-state index in [9.17, 15) is 0 Å². The van der Waals surface area contributed by atoms with Crippen LogP contribution in [0.3, 0.4) is 0 Å². The van der Waals surface area contributed by atoms with Crippen molar-refractivity contribution >= 4 is 34.7 Å². The lowest BCUT2D eigenvalue weighted by Crippen LogP contribution is -2.08. The monoisotopic (exact) mass is 230 g/mol. The summed E-state index contributed by atoms with van der Waals surface area (Å²) in [5, 5.41) is 1.04. The van der Waals surface area contributed by atoms with Crippen molar-refractivity contribution in [1.29, 1.82) is 0 Å². The van der Waals surface area contributed by atoms with Gasteiger partial charge in [-0.15, -0.1) is 0 Å². The number of hydrogen-bond acceptors (Lipinski definition) is 1. The fourth-order valence-electron chi connectivity index (χ4n) is 0.990. The molecule has 0 unspecified atom stereocenters. The molecule has 14 heavy (non-hydrogen) atoms. The predicted octanol–water partition coefficient (Wildman–Crippen LogP) is 3.70. The van der Waals surface area contributed by atoms with Crippen LogP contribution in [0, 0.1) is 6.92 Å². The van der Waals surface area contributed by atoms with Gasteiger partial charge in [0, 0.05) is 6.42 Å². The van der Waals surface area contributed by atoms with E-state index < -0.39 is 0 Å². The molecule has 4 heteroatoms. The normalized spacial score (nSPS) is 11.9. The van der Waals surface area contributed by atoms with Crippen molar-refractivity contribution in [2.75, 3.05) is 0 Å². The fraction of sp³-hybridized carbons (Fsp3) is 0.300. The van der Waals surface area contributed by atoms with Crippen molar-refractivity contribution in [2.24, 2.45) is 10.7 Å². The second-order valence-electron chi connectivity index (χ2n) is 3.01. The zero-order chi connectivity index (χ0) is 10.7. The van der Waals surface area contributed by atoms with Crippen LogP contribution < -0.4 is 5.73 Å². The highest BCUT2D eigenvalue weighted by Gasteiger charge is 2.03. The maximum absolute atomic E-state index is 5.87. The highest BCUT2D eigenvalue weighted by Crippen LogP contribution is 2.30. The Morgan fingerprint density at radius 1 is 1.36 bits per heavy atom. The average molecular weight is 231 g/mol. The van der Waals surface area contributed by atoms with Crippen molar-refractivity contribution in [1.82, 2.24) is 0 Å². The zero-order valence-electron chi connectivity index (χ0n) is 8.14. The van der Waals surface area contributed by atoms with Gasteiger partial charge >= 0.3 is 0 Å². The van der Waals surface area contributed by atoms with Crippen LogP contribution in [0.15, 0.2) is 17.1 Å². The number of amidine groups is 1. The smallest absolute Gasteiger partial charge is 0.0993 e. The summed E-state index contributed by atoms with van der Waals surface area (Å²) in [4.78, 5) is 4.23. The maximum Gasteiger partial charge on any atom is 0.0993 e. The van der Waals surface area contributed by atoms with Gasteiger partial charge in [-0.25, -0.2) is 4.99 Å². The van der Waals surface area contributed by atoms with E-state index in [0.29, 0.717) is 15.9 Å². The number of rotatable bonds is 2. The molecule has 0 atom stereocenters. The number of aliphatic imine (C=N–C) groups is 1. The SMILES string of the molecule is CCC(N)=Nc1cc(Cl)c(Cl)cc1C. The molecular weight excluding hydrogens is 219 g/mol. The van der Waals surface area contributed by atoms with Crippen LogP contribution in [0.4, 0.5) is 5.69 Å². The molecule has 0 aliphatic carbocycles. The van der Waals surface area contributed by atoms with Crippen LogP contribution in [-0.4, -0.2) is 5.84 Å². The molecule has 0 fully saturated rings. The average Bonchev–Trinajstić information content (AvgIpc) is 2.14. The summed E-state index contributed by atoms with van der Waals surface area (Å²) in [7, 11) is 0. The number of nitrogens with zero attached hydrogens (tertiary/aromatic N) is 1. The molecule has 1 rings (SSSR count). The summed E-state index contributed by atoms with van der Waals surface area (Å²) < 4.78 is 0. The van der Waals surface area contributed by atoms with Gasteiger partial charge in [-0.1, -0.05) is 30.1 Å². The van der Waals surface area contributed by atoms with Crippen LogP contribution >= 0.6 is 23.2 Å². The van der Waals surface area contributed by atoms with E-state index in [1.807, 2.05) is 13.8 Å². The molecule has 2 nitrogen and oxygen atoms in total. The van der Waals surface area contributed by atoms with E-state index in [2.05, 4.69) is 4.99 Å². The first-order valence-corrected chi connectivity index (χ1v) is 5.09. The van der Waals surface area contributed by atoms with Gasteiger partial charge in [-0.05, 0) is 24.6 Å². The van der Waals surface area contributed by atoms with E-state index in [1.165, 1.54) is 0 Å². The first kappa shape index (κ1) is 11.3. The van der Waals surface area contributed by atoms with E-state index >= 15 is 0 Å². The third-order valence-electron chi connectivity index (χ3n) is 1.87. The molecule has 0 bridgehead atoms. The summed E-state index contributed by atoms with van der Waals surface area (Å²) in [5.41, 5.74) is 7.38. The predicted molar refractivity (Wildman–Crippen MR) is 62.8 cm³/mol. The molecule has 1 aromatic carbocycles. The van der Waals surface area contributed by atoms with Gasteiger partial charge in [0.05, 0.1) is 21.6 Å². The highest BCUT2D eigenvalue weighted by molar-refractivity contribution is 6.42. The molecule has 0 radical (unpaired) electrons. The molecular formula is C10H12Cl2N2. The molecule has 0 aliphatic heterocycles. The van der Waals surface area contributed by atoms with Gasteiger partial charge in [0.15, 0.2) is 0 Å². The van der Waals surface area contributed by atoms with Crippen LogP contribution in [0.1, 0.15) is 18.9 Å². The zero-order valence-corrected chi connectivity index (χ0v) is 9.65. The Labute approximate surface area is 93.7 Å². The van der Waals surface area contributed by atoms with Gasteiger partial charge in [0.25, 0.3) is 0 Å². The number of halogens is 2. The molecule has 0 amide bonds. The van der Waals surface area contributed by atoms with E-state index in [1.54, 1.807) is 12.1 Å². The van der Waals surface area contributed by atoms with E-state index in [0.717, 1.165) is 17.7 Å². The first-order valence-electron chi connectivity index (χ1n) is 4.33. The van der Waals surface area contributed by atoms with E-state index in [-0.39, 0.29) is 0 Å². The lowest BCUT2D eigenvalue weighted by Gasteiger charge is -2.04. The molecule has 0 heterocycles. The Kier molecular flexibility index (Phi) is 3.78. The van der Waals surface area contributed by atoms with Crippen molar-refractivity contribution < 1.29 is 0 Å². The second-order valence-corrected chi connectivity index (χ2v) is 3.82. The molecule has 1 aromatic rings. The number of hydrogen-bond donors (Lipinski definition) is 1. The number of nitrogens with two attached hydrogens (primary N) is 1. The topological polar surface area (TPSA) is 38.4 Å². The lowest BCUT2D eigenvalue weighted by atomic mass is 10.2. The summed E-state index contributed by atoms with van der Waals surface area (Å²) in [5.74, 6) is 0.589. The molecule has 0 saturated heterocycles. The quantitative estimate of drug-likeness (QED) is 0.611. The van der Waals surface area contributed by atoms with Gasteiger partial charge < -0.3 is 5.73 Å². The molecule has 0 aliphatic rings. The van der Waals surface area contributed by atoms with Crippen molar-refractivity contribution in [2.45, 2.75) is 20.3 Å². The Morgan fingerprint density at radius 2 is 1.93 bits per heavy atom. The lowest BCUT2D eigenvalue weighted by molar-refractivity contribution is 1.23. The summed E-state index contributed by atoms with van der Waals surface area (Å²) in [6.07, 6.45) is 0.722. The Balaban J connectivity index is 3.16. The van der Waals surface area contributed by atoms with Gasteiger partial charge in [0.1, 0.15) is 0 Å². The molecule has 76 valence electrons. The van der Waals surface area contributed by atoms with Crippen molar-refractivity contribution in [3.63, 3.8) is 0 Å². The highest BCUT2D eigenvalue weighted by atomic mass is 35.5. The second kappa shape index (κ2) is 4.67. The van der Waals surface area contributed by atoms with Crippen molar-refractivity contribution in [3.05, 3.63) is 27.7 Å². The van der Waals surface area contributed by atoms with Crippen molar-refractivity contribution in [3.8, 4) is 0 Å². The fourth-order valence-corrected chi connectivity index (χ4v) is 1.37. The minimum Gasteiger partial charge on any atom is -0.387 e. The summed E-state index contributed by atoms with van der Waals surface area (Å²) >= 11 is 11.7. The Bertz CT molecular complexity index is 373. The third kappa shape index (κ3) is 2.63. The minimum atomic E-state index is 0.500. The number of benzene rings is 1.